The predicted molar refractivity (Wildman–Crippen MR) is 221 cm³/mol. The molecule has 0 aliphatic heterocycles. The molecule has 0 unspecified atom stereocenters. The van der Waals surface area contributed by atoms with Gasteiger partial charge in [-0.1, -0.05) is 147 Å². The number of benzene rings is 7. The summed E-state index contributed by atoms with van der Waals surface area (Å²) in [6.45, 7) is 4.80. The number of hydrogen-bond donors (Lipinski definition) is 0. The number of hydrogen-bond acceptors (Lipinski definition) is 4. The van der Waals surface area contributed by atoms with E-state index in [4.69, 9.17) is 15.0 Å². The van der Waals surface area contributed by atoms with E-state index in [0.29, 0.717) is 17.5 Å². The topological polar surface area (TPSA) is 43.6 Å². The van der Waals surface area contributed by atoms with Gasteiger partial charge in [-0.3, -0.25) is 0 Å². The number of thiophene rings is 1. The van der Waals surface area contributed by atoms with Gasteiger partial charge in [-0.25, -0.2) is 15.0 Å². The van der Waals surface area contributed by atoms with Crippen LogP contribution in [-0.2, 0) is 5.41 Å². The van der Waals surface area contributed by atoms with Gasteiger partial charge >= 0.3 is 0 Å². The highest BCUT2D eigenvalue weighted by atomic mass is 32.1. The first-order valence-corrected chi connectivity index (χ1v) is 18.9. The highest BCUT2D eigenvalue weighted by Crippen LogP contribution is 2.58. The molecule has 0 spiro atoms. The van der Waals surface area contributed by atoms with Crippen LogP contribution in [0.25, 0.3) is 93.0 Å². The van der Waals surface area contributed by atoms with Crippen LogP contribution in [0.4, 0.5) is 0 Å². The summed E-state index contributed by atoms with van der Waals surface area (Å²) in [6, 6.07) is 55.9. The number of nitrogens with zero attached hydrogens (tertiary/aromatic N) is 4. The summed E-state index contributed by atoms with van der Waals surface area (Å²) < 4.78 is 5.19. The SMILES string of the molecule is CC1(C)c2ccccc2-c2c1c1c(c3ccccc3n1-c1cccc(-c3nc(-c4ccccc4)nc(-c4ccccc4)n3)c1)c1c2sc2ccccc21. The van der Waals surface area contributed by atoms with Crippen molar-refractivity contribution in [3.05, 3.63) is 169 Å². The second kappa shape index (κ2) is 11.3. The van der Waals surface area contributed by atoms with E-state index in [-0.39, 0.29) is 5.41 Å². The minimum atomic E-state index is -0.221. The molecule has 0 saturated carbocycles. The second-order valence-corrected chi connectivity index (χ2v) is 15.4. The van der Waals surface area contributed by atoms with E-state index in [0.717, 1.165) is 22.4 Å². The van der Waals surface area contributed by atoms with Crippen molar-refractivity contribution in [1.82, 2.24) is 19.5 Å². The van der Waals surface area contributed by atoms with Crippen molar-refractivity contribution in [3.63, 3.8) is 0 Å². The lowest BCUT2D eigenvalue weighted by Crippen LogP contribution is -2.16. The molecular weight excluding hydrogens is 665 g/mol. The molecule has 3 heterocycles. The summed E-state index contributed by atoms with van der Waals surface area (Å²) in [5.74, 6) is 1.95. The van der Waals surface area contributed by atoms with Crippen molar-refractivity contribution < 1.29 is 0 Å². The van der Waals surface area contributed by atoms with Gasteiger partial charge in [0.1, 0.15) is 0 Å². The summed E-state index contributed by atoms with van der Waals surface area (Å²) in [5.41, 5.74) is 11.6. The molecule has 0 saturated heterocycles. The van der Waals surface area contributed by atoms with Crippen LogP contribution in [0.15, 0.2) is 158 Å². The summed E-state index contributed by atoms with van der Waals surface area (Å²) in [4.78, 5) is 15.1. The highest BCUT2D eigenvalue weighted by Gasteiger charge is 2.41. The molecule has 5 heteroatoms. The van der Waals surface area contributed by atoms with Gasteiger partial charge in [0.25, 0.3) is 0 Å². The molecule has 1 aliphatic carbocycles. The zero-order valence-corrected chi connectivity index (χ0v) is 30.0. The molecule has 1 aliphatic rings. The average Bonchev–Trinajstić information content (AvgIpc) is 3.84. The van der Waals surface area contributed by atoms with Gasteiger partial charge < -0.3 is 4.57 Å². The van der Waals surface area contributed by atoms with E-state index in [1.165, 1.54) is 64.2 Å². The smallest absolute Gasteiger partial charge is 0.164 e. The van der Waals surface area contributed by atoms with Crippen molar-refractivity contribution in [1.29, 1.82) is 0 Å². The molecule has 0 amide bonds. The van der Waals surface area contributed by atoms with Crippen LogP contribution in [-0.4, -0.2) is 19.5 Å². The molecule has 11 rings (SSSR count). The Morgan fingerprint density at radius 3 is 1.85 bits per heavy atom. The van der Waals surface area contributed by atoms with Gasteiger partial charge in [0.15, 0.2) is 17.5 Å². The Hall–Kier alpha value is -6.43. The minimum absolute atomic E-state index is 0.221. The monoisotopic (exact) mass is 696 g/mol. The molecule has 0 fully saturated rings. The fourth-order valence-corrected chi connectivity index (χ4v) is 9.94. The molecule has 0 radical (unpaired) electrons. The molecule has 10 aromatic rings. The van der Waals surface area contributed by atoms with Crippen molar-refractivity contribution in [2.45, 2.75) is 19.3 Å². The van der Waals surface area contributed by atoms with Crippen molar-refractivity contribution >= 4 is 53.3 Å². The summed E-state index contributed by atoms with van der Waals surface area (Å²) >= 11 is 1.93. The Labute approximate surface area is 310 Å². The van der Waals surface area contributed by atoms with Crippen LogP contribution in [0.5, 0.6) is 0 Å². The highest BCUT2D eigenvalue weighted by molar-refractivity contribution is 7.26. The van der Waals surface area contributed by atoms with E-state index < -0.39 is 0 Å². The average molecular weight is 697 g/mol. The Morgan fingerprint density at radius 2 is 1.11 bits per heavy atom. The molecule has 0 N–H and O–H groups in total. The molecule has 7 aromatic carbocycles. The maximum Gasteiger partial charge on any atom is 0.164 e. The molecule has 0 atom stereocenters. The molecular formula is C48H32N4S. The summed E-state index contributed by atoms with van der Waals surface area (Å²) in [7, 11) is 0. The largest absolute Gasteiger partial charge is 0.309 e. The van der Waals surface area contributed by atoms with E-state index in [1.807, 2.05) is 47.7 Å². The second-order valence-electron chi connectivity index (χ2n) is 14.4. The fourth-order valence-electron chi connectivity index (χ4n) is 8.67. The Kier molecular flexibility index (Phi) is 6.43. The van der Waals surface area contributed by atoms with Crippen LogP contribution in [0.3, 0.4) is 0 Å². The molecule has 0 bridgehead atoms. The van der Waals surface area contributed by atoms with Crippen molar-refractivity contribution in [2.24, 2.45) is 0 Å². The molecule has 53 heavy (non-hydrogen) atoms. The van der Waals surface area contributed by atoms with Gasteiger partial charge in [0.2, 0.25) is 0 Å². The zero-order chi connectivity index (χ0) is 35.3. The van der Waals surface area contributed by atoms with E-state index in [1.54, 1.807) is 0 Å². The first-order valence-electron chi connectivity index (χ1n) is 18.0. The Morgan fingerprint density at radius 1 is 0.528 bits per heavy atom. The van der Waals surface area contributed by atoms with Crippen LogP contribution in [0.1, 0.15) is 25.0 Å². The van der Waals surface area contributed by atoms with Gasteiger partial charge in [0.05, 0.1) is 11.0 Å². The van der Waals surface area contributed by atoms with E-state index >= 15 is 0 Å². The zero-order valence-electron chi connectivity index (χ0n) is 29.2. The number of aromatic nitrogens is 4. The van der Waals surface area contributed by atoms with Gasteiger partial charge in [-0.2, -0.15) is 0 Å². The van der Waals surface area contributed by atoms with Crippen LogP contribution >= 0.6 is 11.3 Å². The third-order valence-electron chi connectivity index (χ3n) is 11.0. The third kappa shape index (κ3) is 4.38. The Bertz CT molecular complexity index is 3020. The molecule has 3 aromatic heterocycles. The Balaban J connectivity index is 1.24. The van der Waals surface area contributed by atoms with E-state index in [2.05, 4.69) is 140 Å². The van der Waals surface area contributed by atoms with Crippen LogP contribution in [0, 0.1) is 0 Å². The maximum atomic E-state index is 5.09. The van der Waals surface area contributed by atoms with Crippen LogP contribution < -0.4 is 0 Å². The summed E-state index contributed by atoms with van der Waals surface area (Å²) in [6.07, 6.45) is 0. The lowest BCUT2D eigenvalue weighted by atomic mass is 9.81. The first-order chi connectivity index (χ1) is 26.1. The maximum absolute atomic E-state index is 5.09. The number of para-hydroxylation sites is 1. The third-order valence-corrected chi connectivity index (χ3v) is 12.2. The fraction of sp³-hybridized carbons (Fsp3) is 0.0625. The first kappa shape index (κ1) is 30.2. The predicted octanol–water partition coefficient (Wildman–Crippen LogP) is 12.6. The quantitative estimate of drug-likeness (QED) is 0.184. The van der Waals surface area contributed by atoms with Gasteiger partial charge in [-0.05, 0) is 41.0 Å². The molecule has 4 nitrogen and oxygen atoms in total. The van der Waals surface area contributed by atoms with Crippen molar-refractivity contribution in [3.8, 4) is 51.0 Å². The van der Waals surface area contributed by atoms with Crippen LogP contribution in [0.2, 0.25) is 0 Å². The van der Waals surface area contributed by atoms with E-state index in [9.17, 15) is 0 Å². The summed E-state index contributed by atoms with van der Waals surface area (Å²) in [5, 5.41) is 5.23. The lowest BCUT2D eigenvalue weighted by molar-refractivity contribution is 0.664. The number of fused-ring (bicyclic) bond motifs is 12. The lowest BCUT2D eigenvalue weighted by Gasteiger charge is -2.24. The number of rotatable bonds is 4. The van der Waals surface area contributed by atoms with Crippen molar-refractivity contribution in [2.75, 3.05) is 0 Å². The minimum Gasteiger partial charge on any atom is -0.309 e. The standard InChI is InChI=1S/C48H32N4S/c1-48(2)36-25-12-9-22-33(36)41-42(48)43-39(40-35-24-11-14-27-38(35)53-44(40)41)34-23-10-13-26-37(34)52(43)32-21-15-20-31(28-32)47-50-45(29-16-5-3-6-17-29)49-46(51-47)30-18-7-4-8-19-30/h3-28H,1-2H3. The normalized spacial score (nSPS) is 13.2. The van der Waals surface area contributed by atoms with Gasteiger partial charge in [-0.15, -0.1) is 11.3 Å². The molecule has 250 valence electrons. The van der Waals surface area contributed by atoms with Gasteiger partial charge in [0, 0.05) is 64.3 Å².